The summed E-state index contributed by atoms with van der Waals surface area (Å²) in [4.78, 5) is 9.67. The van der Waals surface area contributed by atoms with E-state index in [1.165, 1.54) is 76.3 Å². The van der Waals surface area contributed by atoms with E-state index in [0.29, 0.717) is 0 Å². The van der Waals surface area contributed by atoms with Gasteiger partial charge in [0.1, 0.15) is 0 Å². The van der Waals surface area contributed by atoms with Gasteiger partial charge in [-0.3, -0.25) is 4.99 Å². The van der Waals surface area contributed by atoms with E-state index in [1.807, 2.05) is 7.05 Å². The molecule has 0 amide bonds. The van der Waals surface area contributed by atoms with Gasteiger partial charge >= 0.3 is 0 Å². The number of thioether (sulfide) groups is 1. The third-order valence-corrected chi connectivity index (χ3v) is 6.45. The Morgan fingerprint density at radius 3 is 2.52 bits per heavy atom. The van der Waals surface area contributed by atoms with Crippen molar-refractivity contribution < 1.29 is 0 Å². The molecule has 1 unspecified atom stereocenters. The van der Waals surface area contributed by atoms with Crippen molar-refractivity contribution in [3.05, 3.63) is 0 Å². The Morgan fingerprint density at radius 2 is 1.83 bits per heavy atom. The summed E-state index contributed by atoms with van der Waals surface area (Å²) in [6.45, 7) is 7.43. The van der Waals surface area contributed by atoms with Gasteiger partial charge in [0.15, 0.2) is 5.96 Å². The van der Waals surface area contributed by atoms with Crippen molar-refractivity contribution in [2.75, 3.05) is 57.8 Å². The number of rotatable bonds is 4. The second-order valence-electron chi connectivity index (χ2n) is 7.09. The van der Waals surface area contributed by atoms with E-state index < -0.39 is 0 Å². The van der Waals surface area contributed by atoms with E-state index >= 15 is 0 Å². The van der Waals surface area contributed by atoms with Gasteiger partial charge in [-0.2, -0.15) is 11.8 Å². The molecule has 3 aliphatic heterocycles. The van der Waals surface area contributed by atoms with Gasteiger partial charge in [-0.05, 0) is 68.5 Å². The van der Waals surface area contributed by atoms with Gasteiger partial charge in [0.05, 0.1) is 0 Å². The molecule has 3 heterocycles. The molecule has 3 fully saturated rings. The second kappa shape index (κ2) is 10.3. The minimum atomic E-state index is 0. The third-order valence-electron chi connectivity index (χ3n) is 5.40. The SMILES string of the molecule is CN=C(NCC1CCSCC1)N1CCC(CN2CCCC2)C1.I. The van der Waals surface area contributed by atoms with E-state index in [0.717, 1.165) is 24.3 Å². The summed E-state index contributed by atoms with van der Waals surface area (Å²) in [5, 5.41) is 3.65. The molecule has 0 bridgehead atoms. The van der Waals surface area contributed by atoms with Gasteiger partial charge in [0.2, 0.25) is 0 Å². The van der Waals surface area contributed by atoms with E-state index in [9.17, 15) is 0 Å². The van der Waals surface area contributed by atoms with Crippen molar-refractivity contribution in [2.45, 2.75) is 32.1 Å². The van der Waals surface area contributed by atoms with E-state index in [2.05, 4.69) is 31.9 Å². The topological polar surface area (TPSA) is 30.9 Å². The third kappa shape index (κ3) is 5.96. The second-order valence-corrected chi connectivity index (χ2v) is 8.32. The number of hydrogen-bond acceptors (Lipinski definition) is 3. The highest BCUT2D eigenvalue weighted by Crippen LogP contribution is 2.23. The van der Waals surface area contributed by atoms with Crippen LogP contribution in [0.4, 0.5) is 0 Å². The molecule has 0 aromatic rings. The van der Waals surface area contributed by atoms with Gasteiger partial charge in [0, 0.05) is 33.2 Å². The number of guanidine groups is 1. The number of hydrogen-bond donors (Lipinski definition) is 1. The predicted molar refractivity (Wildman–Crippen MR) is 112 cm³/mol. The van der Waals surface area contributed by atoms with Crippen LogP contribution in [0.3, 0.4) is 0 Å². The van der Waals surface area contributed by atoms with Crippen LogP contribution in [0.15, 0.2) is 4.99 Å². The molecule has 3 saturated heterocycles. The summed E-state index contributed by atoms with van der Waals surface area (Å²) in [5.74, 6) is 5.50. The van der Waals surface area contributed by atoms with E-state index in [1.54, 1.807) is 0 Å². The molecule has 3 rings (SSSR count). The molecule has 0 aromatic heterocycles. The average molecular weight is 452 g/mol. The zero-order chi connectivity index (χ0) is 15.2. The van der Waals surface area contributed by atoms with Crippen LogP contribution < -0.4 is 5.32 Å². The summed E-state index contributed by atoms with van der Waals surface area (Å²) in [6, 6.07) is 0. The Hall–Kier alpha value is 0.310. The largest absolute Gasteiger partial charge is 0.356 e. The zero-order valence-corrected chi connectivity index (χ0v) is 17.7. The highest BCUT2D eigenvalue weighted by atomic mass is 127. The van der Waals surface area contributed by atoms with Crippen molar-refractivity contribution in [2.24, 2.45) is 16.8 Å². The first kappa shape index (κ1) is 19.6. The highest BCUT2D eigenvalue weighted by molar-refractivity contribution is 14.0. The summed E-state index contributed by atoms with van der Waals surface area (Å²) < 4.78 is 0. The maximum Gasteiger partial charge on any atom is 0.193 e. The standard InChI is InChI=1S/C17H32N4S.HI/c1-18-17(19-12-15-5-10-22-11-6-15)21-9-4-16(14-21)13-20-7-2-3-8-20;/h15-16H,2-14H2,1H3,(H,18,19);1H. The van der Waals surface area contributed by atoms with Gasteiger partial charge in [-0.25, -0.2) is 0 Å². The molecule has 0 spiro atoms. The smallest absolute Gasteiger partial charge is 0.193 e. The lowest BCUT2D eigenvalue weighted by Crippen LogP contribution is -2.43. The number of likely N-dealkylation sites (tertiary alicyclic amines) is 2. The van der Waals surface area contributed by atoms with Crippen LogP contribution in [0.25, 0.3) is 0 Å². The number of nitrogens with one attached hydrogen (secondary N) is 1. The summed E-state index contributed by atoms with van der Waals surface area (Å²) in [6.07, 6.45) is 6.87. The summed E-state index contributed by atoms with van der Waals surface area (Å²) in [5.41, 5.74) is 0. The maximum absolute atomic E-state index is 4.53. The van der Waals surface area contributed by atoms with Crippen LogP contribution in [-0.2, 0) is 0 Å². The fraction of sp³-hybridized carbons (Fsp3) is 0.941. The first-order chi connectivity index (χ1) is 10.8. The van der Waals surface area contributed by atoms with Gasteiger partial charge in [0.25, 0.3) is 0 Å². The van der Waals surface area contributed by atoms with Crippen molar-refractivity contribution in [3.8, 4) is 0 Å². The molecular formula is C17H33IN4S. The Kier molecular flexibility index (Phi) is 8.82. The van der Waals surface area contributed by atoms with Crippen LogP contribution in [0, 0.1) is 11.8 Å². The minimum Gasteiger partial charge on any atom is -0.356 e. The Labute approximate surface area is 163 Å². The van der Waals surface area contributed by atoms with Gasteiger partial charge in [-0.15, -0.1) is 24.0 Å². The van der Waals surface area contributed by atoms with Crippen LogP contribution in [0.2, 0.25) is 0 Å². The Morgan fingerprint density at radius 1 is 1.09 bits per heavy atom. The fourth-order valence-electron chi connectivity index (χ4n) is 4.02. The van der Waals surface area contributed by atoms with Gasteiger partial charge in [-0.1, -0.05) is 0 Å². The average Bonchev–Trinajstić information content (AvgIpc) is 3.22. The monoisotopic (exact) mass is 452 g/mol. The highest BCUT2D eigenvalue weighted by Gasteiger charge is 2.27. The molecular weight excluding hydrogens is 419 g/mol. The molecule has 0 radical (unpaired) electrons. The molecule has 23 heavy (non-hydrogen) atoms. The van der Waals surface area contributed by atoms with Crippen molar-refractivity contribution in [1.82, 2.24) is 15.1 Å². The molecule has 134 valence electrons. The van der Waals surface area contributed by atoms with Gasteiger partial charge < -0.3 is 15.1 Å². The summed E-state index contributed by atoms with van der Waals surface area (Å²) in [7, 11) is 1.94. The van der Waals surface area contributed by atoms with Crippen LogP contribution in [-0.4, -0.2) is 73.6 Å². The van der Waals surface area contributed by atoms with Crippen molar-refractivity contribution in [3.63, 3.8) is 0 Å². The zero-order valence-electron chi connectivity index (χ0n) is 14.5. The molecule has 0 aromatic carbocycles. The predicted octanol–water partition coefficient (Wildman–Crippen LogP) is 2.74. The first-order valence-corrected chi connectivity index (χ1v) is 10.3. The molecule has 4 nitrogen and oxygen atoms in total. The first-order valence-electron chi connectivity index (χ1n) is 9.11. The maximum atomic E-state index is 4.53. The molecule has 1 atom stereocenters. The van der Waals surface area contributed by atoms with Crippen LogP contribution >= 0.6 is 35.7 Å². The molecule has 0 aliphatic carbocycles. The van der Waals surface area contributed by atoms with E-state index in [-0.39, 0.29) is 24.0 Å². The molecule has 3 aliphatic rings. The lowest BCUT2D eigenvalue weighted by molar-refractivity contribution is 0.281. The van der Waals surface area contributed by atoms with Crippen LogP contribution in [0.5, 0.6) is 0 Å². The fourth-order valence-corrected chi connectivity index (χ4v) is 5.23. The number of aliphatic imine (C=N–C) groups is 1. The molecule has 0 saturated carbocycles. The van der Waals surface area contributed by atoms with E-state index in [4.69, 9.17) is 0 Å². The number of halogens is 1. The number of nitrogens with zero attached hydrogens (tertiary/aromatic N) is 3. The Bertz CT molecular complexity index is 368. The Balaban J connectivity index is 0.00000192. The summed E-state index contributed by atoms with van der Waals surface area (Å²) >= 11 is 2.11. The van der Waals surface area contributed by atoms with Crippen molar-refractivity contribution >= 4 is 41.7 Å². The normalized spacial score (nSPS) is 27.3. The lowest BCUT2D eigenvalue weighted by atomic mass is 10.0. The lowest BCUT2D eigenvalue weighted by Gasteiger charge is -2.26. The minimum absolute atomic E-state index is 0. The van der Waals surface area contributed by atoms with Crippen LogP contribution in [0.1, 0.15) is 32.1 Å². The molecule has 1 N–H and O–H groups in total. The molecule has 6 heteroatoms. The quantitative estimate of drug-likeness (QED) is 0.404. The van der Waals surface area contributed by atoms with Crippen molar-refractivity contribution in [1.29, 1.82) is 0 Å².